The monoisotopic (exact) mass is 398 g/mol. The molecule has 0 saturated carbocycles. The lowest BCUT2D eigenvalue weighted by atomic mass is 10.0. The Bertz CT molecular complexity index is 1070. The van der Waals surface area contributed by atoms with E-state index in [1.165, 1.54) is 24.4 Å². The first kappa shape index (κ1) is 18.2. The van der Waals surface area contributed by atoms with E-state index in [0.29, 0.717) is 52.1 Å². The van der Waals surface area contributed by atoms with E-state index >= 15 is 0 Å². The number of fused-ring (bicyclic) bond motifs is 1. The largest absolute Gasteiger partial charge is 0.487 e. The fourth-order valence-corrected chi connectivity index (χ4v) is 3.20. The zero-order valence-corrected chi connectivity index (χ0v) is 15.7. The molecule has 1 amide bonds. The topological polar surface area (TPSA) is 76.1 Å². The Morgan fingerprint density at radius 1 is 1.25 bits per heavy atom. The van der Waals surface area contributed by atoms with Gasteiger partial charge < -0.3 is 15.4 Å². The molecule has 2 N–H and O–H groups in total. The summed E-state index contributed by atoms with van der Waals surface area (Å²) in [7, 11) is 1.55. The van der Waals surface area contributed by atoms with Gasteiger partial charge in [-0.3, -0.25) is 9.78 Å². The minimum absolute atomic E-state index is 0.252. The van der Waals surface area contributed by atoms with E-state index in [4.69, 9.17) is 16.3 Å². The van der Waals surface area contributed by atoms with E-state index in [0.717, 1.165) is 0 Å². The number of benzene rings is 1. The van der Waals surface area contributed by atoms with E-state index in [1.807, 2.05) is 0 Å². The van der Waals surface area contributed by atoms with Crippen LogP contribution in [0.2, 0.25) is 5.02 Å². The fourth-order valence-electron chi connectivity index (χ4n) is 3.02. The van der Waals surface area contributed by atoms with Gasteiger partial charge in [-0.15, -0.1) is 0 Å². The molecule has 6 nitrogen and oxygen atoms in total. The van der Waals surface area contributed by atoms with Gasteiger partial charge in [-0.1, -0.05) is 11.6 Å². The summed E-state index contributed by atoms with van der Waals surface area (Å²) in [5.74, 6) is 0.353. The number of carbonyl (C=O) groups excluding carboxylic acids is 1. The highest BCUT2D eigenvalue weighted by atomic mass is 35.5. The van der Waals surface area contributed by atoms with Crippen LogP contribution in [-0.4, -0.2) is 36.1 Å². The summed E-state index contributed by atoms with van der Waals surface area (Å²) in [6.45, 7) is 1.05. The molecule has 0 bridgehead atoms. The van der Waals surface area contributed by atoms with E-state index in [9.17, 15) is 9.18 Å². The molecule has 0 atom stereocenters. The highest BCUT2D eigenvalue weighted by molar-refractivity contribution is 6.30. The maximum atomic E-state index is 14.4. The minimum Gasteiger partial charge on any atom is -0.487 e. The Labute approximate surface area is 165 Å². The number of hydrogen-bond acceptors (Lipinski definition) is 5. The first-order valence-electron chi connectivity index (χ1n) is 8.61. The minimum atomic E-state index is -0.434. The highest BCUT2D eigenvalue weighted by Gasteiger charge is 2.21. The summed E-state index contributed by atoms with van der Waals surface area (Å²) in [5.41, 5.74) is 2.40. The van der Waals surface area contributed by atoms with Crippen LogP contribution in [0.1, 0.15) is 10.4 Å². The lowest BCUT2D eigenvalue weighted by molar-refractivity contribution is 0.0962. The first-order chi connectivity index (χ1) is 13.6. The molecule has 142 valence electrons. The average molecular weight is 399 g/mol. The summed E-state index contributed by atoms with van der Waals surface area (Å²) in [6.07, 6.45) is 3.10. The van der Waals surface area contributed by atoms with E-state index in [2.05, 4.69) is 20.6 Å². The molecule has 28 heavy (non-hydrogen) atoms. The number of amides is 1. The molecule has 0 radical (unpaired) electrons. The van der Waals surface area contributed by atoms with Crippen LogP contribution in [-0.2, 0) is 0 Å². The summed E-state index contributed by atoms with van der Waals surface area (Å²) < 4.78 is 20.2. The van der Waals surface area contributed by atoms with Gasteiger partial charge in [0.2, 0.25) is 0 Å². The van der Waals surface area contributed by atoms with Gasteiger partial charge in [-0.2, -0.15) is 0 Å². The Balaban J connectivity index is 1.92. The van der Waals surface area contributed by atoms with Gasteiger partial charge in [0, 0.05) is 41.2 Å². The number of pyridine rings is 2. The SMILES string of the molecule is CNC(=O)c1cncc(-c2cc(-c3cc(Cl)ccc3F)nc3c2OCCN3)c1. The smallest absolute Gasteiger partial charge is 0.252 e. The Morgan fingerprint density at radius 3 is 2.93 bits per heavy atom. The molecular formula is C20H16ClFN4O2. The van der Waals surface area contributed by atoms with Gasteiger partial charge in [-0.05, 0) is 30.3 Å². The van der Waals surface area contributed by atoms with Crippen molar-refractivity contribution in [3.63, 3.8) is 0 Å². The summed E-state index contributed by atoms with van der Waals surface area (Å²) in [4.78, 5) is 20.7. The van der Waals surface area contributed by atoms with Gasteiger partial charge in [0.25, 0.3) is 5.91 Å². The van der Waals surface area contributed by atoms with Crippen molar-refractivity contribution < 1.29 is 13.9 Å². The van der Waals surface area contributed by atoms with Crippen molar-refractivity contribution in [2.45, 2.75) is 0 Å². The van der Waals surface area contributed by atoms with Crippen molar-refractivity contribution in [1.82, 2.24) is 15.3 Å². The second-order valence-electron chi connectivity index (χ2n) is 6.17. The molecule has 0 spiro atoms. The van der Waals surface area contributed by atoms with Crippen molar-refractivity contribution in [3.05, 3.63) is 59.1 Å². The second-order valence-corrected chi connectivity index (χ2v) is 6.61. The zero-order valence-electron chi connectivity index (χ0n) is 14.9. The van der Waals surface area contributed by atoms with Crippen LogP contribution in [0, 0.1) is 5.82 Å². The fraction of sp³-hybridized carbons (Fsp3) is 0.150. The molecule has 0 saturated heterocycles. The van der Waals surface area contributed by atoms with Crippen LogP contribution >= 0.6 is 11.6 Å². The standard InChI is InChI=1S/C20H16ClFN4O2/c1-23-20(27)12-6-11(9-24-10-12)14-8-17(15-7-13(21)2-3-16(15)22)26-19-18(14)28-5-4-25-19/h2-3,6-10H,4-5H2,1H3,(H,23,27)(H,25,26). The third kappa shape index (κ3) is 3.36. The highest BCUT2D eigenvalue weighted by Crippen LogP contribution is 2.40. The van der Waals surface area contributed by atoms with Crippen LogP contribution in [0.4, 0.5) is 10.2 Å². The second kappa shape index (κ2) is 7.44. The zero-order chi connectivity index (χ0) is 19.7. The number of rotatable bonds is 3. The van der Waals surface area contributed by atoms with E-state index < -0.39 is 5.82 Å². The molecule has 1 aliphatic heterocycles. The summed E-state index contributed by atoms with van der Waals surface area (Å²) in [5, 5.41) is 6.16. The molecule has 0 fully saturated rings. The predicted molar refractivity (Wildman–Crippen MR) is 105 cm³/mol. The number of anilines is 1. The van der Waals surface area contributed by atoms with Crippen molar-refractivity contribution in [3.8, 4) is 28.1 Å². The molecule has 8 heteroatoms. The van der Waals surface area contributed by atoms with Crippen LogP contribution in [0.3, 0.4) is 0 Å². The number of carbonyl (C=O) groups is 1. The van der Waals surface area contributed by atoms with Crippen LogP contribution in [0.15, 0.2) is 42.7 Å². The number of halogens is 2. The van der Waals surface area contributed by atoms with Crippen LogP contribution < -0.4 is 15.4 Å². The number of aromatic nitrogens is 2. The van der Waals surface area contributed by atoms with Gasteiger partial charge in [0.05, 0.1) is 17.8 Å². The maximum absolute atomic E-state index is 14.4. The van der Waals surface area contributed by atoms with Crippen molar-refractivity contribution in [2.75, 3.05) is 25.5 Å². The third-order valence-electron chi connectivity index (χ3n) is 4.36. The quantitative estimate of drug-likeness (QED) is 0.702. The third-order valence-corrected chi connectivity index (χ3v) is 4.59. The Morgan fingerprint density at radius 2 is 2.11 bits per heavy atom. The number of nitrogens with one attached hydrogen (secondary N) is 2. The molecule has 0 unspecified atom stereocenters. The van der Waals surface area contributed by atoms with E-state index in [1.54, 1.807) is 25.4 Å². The molecule has 0 aliphatic carbocycles. The van der Waals surface area contributed by atoms with Gasteiger partial charge in [0.15, 0.2) is 11.6 Å². The number of ether oxygens (including phenoxy) is 1. The molecule has 3 heterocycles. The number of hydrogen-bond donors (Lipinski definition) is 2. The lowest BCUT2D eigenvalue weighted by Crippen LogP contribution is -2.20. The molecular weight excluding hydrogens is 383 g/mol. The van der Waals surface area contributed by atoms with Crippen molar-refractivity contribution in [1.29, 1.82) is 0 Å². The Kier molecular flexibility index (Phi) is 4.83. The molecule has 2 aromatic heterocycles. The average Bonchev–Trinajstić information content (AvgIpc) is 2.74. The lowest BCUT2D eigenvalue weighted by Gasteiger charge is -2.22. The Hall–Kier alpha value is -3.19. The van der Waals surface area contributed by atoms with Gasteiger partial charge in [0.1, 0.15) is 12.4 Å². The van der Waals surface area contributed by atoms with E-state index in [-0.39, 0.29) is 11.5 Å². The van der Waals surface area contributed by atoms with Gasteiger partial charge in [-0.25, -0.2) is 9.37 Å². The molecule has 4 rings (SSSR count). The summed E-state index contributed by atoms with van der Waals surface area (Å²) in [6, 6.07) is 7.73. The summed E-state index contributed by atoms with van der Waals surface area (Å²) >= 11 is 6.05. The molecule has 1 aliphatic rings. The maximum Gasteiger partial charge on any atom is 0.252 e. The first-order valence-corrected chi connectivity index (χ1v) is 8.99. The van der Waals surface area contributed by atoms with Crippen LogP contribution in [0.25, 0.3) is 22.4 Å². The number of nitrogens with zero attached hydrogens (tertiary/aromatic N) is 2. The van der Waals surface area contributed by atoms with Crippen molar-refractivity contribution >= 4 is 23.3 Å². The molecule has 1 aromatic carbocycles. The predicted octanol–water partition coefficient (Wildman–Crippen LogP) is 3.77. The van der Waals surface area contributed by atoms with Crippen LogP contribution in [0.5, 0.6) is 5.75 Å². The molecule has 3 aromatic rings. The van der Waals surface area contributed by atoms with Gasteiger partial charge >= 0.3 is 0 Å². The van der Waals surface area contributed by atoms with Crippen molar-refractivity contribution in [2.24, 2.45) is 0 Å². The normalized spacial score (nSPS) is 12.5.